The van der Waals surface area contributed by atoms with Gasteiger partial charge < -0.3 is 16.1 Å². The number of halogens is 2. The second-order valence-electron chi connectivity index (χ2n) is 9.29. The Morgan fingerprint density at radius 2 is 2.05 bits per heavy atom. The van der Waals surface area contributed by atoms with Crippen molar-refractivity contribution in [1.82, 2.24) is 25.9 Å². The van der Waals surface area contributed by atoms with E-state index in [1.165, 1.54) is 42.7 Å². The lowest BCUT2D eigenvalue weighted by Crippen LogP contribution is -2.38. The summed E-state index contributed by atoms with van der Waals surface area (Å²) in [6.45, 7) is -3.25. The molecule has 0 amide bonds. The average Bonchev–Trinajstić information content (AvgIpc) is 3.76. The molecule has 1 fully saturated rings. The Kier molecular flexibility index (Phi) is 5.18. The van der Waals surface area contributed by atoms with Crippen LogP contribution in [0.15, 0.2) is 78.9 Å². The molecule has 0 bridgehead atoms. The zero-order valence-corrected chi connectivity index (χ0v) is 21.7. The molecular weight excluding hydrogens is 527 g/mol. The summed E-state index contributed by atoms with van der Waals surface area (Å²) in [5.74, 6) is -0.726. The molecule has 1 aliphatic carbocycles. The van der Waals surface area contributed by atoms with Gasteiger partial charge in [-0.25, -0.2) is 4.98 Å². The second-order valence-corrected chi connectivity index (χ2v) is 9.70. The van der Waals surface area contributed by atoms with Gasteiger partial charge >= 0.3 is 0 Å². The number of nitrogens with one attached hydrogen (secondary N) is 4. The zero-order chi connectivity index (χ0) is 33.8. The number of fused-ring (bicyclic) bond motifs is 1. The number of benzene rings is 2. The van der Waals surface area contributed by atoms with Gasteiger partial charge in [0.2, 0.25) is 5.95 Å². The molecule has 40 heavy (non-hydrogen) atoms. The number of nitriles is 1. The smallest absolute Gasteiger partial charge is 0.212 e. The van der Waals surface area contributed by atoms with Crippen LogP contribution in [0.5, 0.6) is 0 Å². The first-order valence-electron chi connectivity index (χ1n) is 16.0. The molecule has 2 aromatic carbocycles. The molecule has 4 aromatic rings. The fourth-order valence-corrected chi connectivity index (χ4v) is 4.69. The molecular formula is C30H28ClFN8. The van der Waals surface area contributed by atoms with Gasteiger partial charge in [0, 0.05) is 42.6 Å². The number of nitrogens with zero attached hydrogens (tertiary/aromatic N) is 4. The van der Waals surface area contributed by atoms with Gasteiger partial charge in [-0.05, 0) is 48.5 Å². The molecule has 6 rings (SSSR count). The summed E-state index contributed by atoms with van der Waals surface area (Å²) >= 11 is 6.71. The summed E-state index contributed by atoms with van der Waals surface area (Å²) in [6.07, 6.45) is 2.94. The van der Waals surface area contributed by atoms with E-state index in [-0.39, 0.29) is 50.0 Å². The average molecular weight is 562 g/mol. The number of hydrogen-bond donors (Lipinski definition) is 4. The van der Waals surface area contributed by atoms with Crippen molar-refractivity contribution < 1.29 is 14.0 Å². The number of aromatic nitrogens is 2. The normalized spacial score (nSPS) is 21.0. The van der Waals surface area contributed by atoms with Crippen molar-refractivity contribution in [1.29, 1.82) is 5.26 Å². The van der Waals surface area contributed by atoms with E-state index in [2.05, 4.69) is 31.6 Å². The number of hydrogen-bond acceptors (Lipinski definition) is 8. The molecule has 1 saturated carbocycles. The molecule has 1 unspecified atom stereocenters. The highest BCUT2D eigenvalue weighted by molar-refractivity contribution is 6.35. The molecule has 1 aliphatic heterocycles. The van der Waals surface area contributed by atoms with Crippen LogP contribution in [-0.4, -0.2) is 21.0 Å². The zero-order valence-electron chi connectivity index (χ0n) is 28.0. The van der Waals surface area contributed by atoms with Crippen LogP contribution in [0, 0.1) is 17.3 Å². The van der Waals surface area contributed by atoms with Crippen LogP contribution in [0.4, 0.5) is 15.8 Å². The van der Waals surface area contributed by atoms with Crippen molar-refractivity contribution in [3.63, 3.8) is 0 Å². The topological polar surface area (TPSA) is 101 Å². The van der Waals surface area contributed by atoms with Gasteiger partial charge in [-0.1, -0.05) is 54.9 Å². The van der Waals surface area contributed by atoms with E-state index in [1.807, 2.05) is 11.1 Å². The second kappa shape index (κ2) is 11.0. The standard InChI is InChI=1S/C30H28ClFN8/c1-2-25(18-6-4-3-5-7-18)37-28-20(14-33)16-35-30-23(28)12-21(13-24(30)31)36-29(19-8-11-27(32)34-15-19)26-17-40(39-38-26)22-9-10-22/h3-8,11-13,15-17,22,25,29,36,38-39H,2,9-10H2,1H3,(H,35,37)/t25-,29?/m1/s1/i1D3,2D2,25D,29D. The predicted octanol–water partition coefficient (Wildman–Crippen LogP) is 6.34. The minimum atomic E-state index is -3.25. The Bertz CT molecular complexity index is 1900. The fraction of sp³-hybridized carbons (Fsp3) is 0.233. The fourth-order valence-electron chi connectivity index (χ4n) is 4.42. The van der Waals surface area contributed by atoms with Gasteiger partial charge in [0.15, 0.2) is 0 Å². The summed E-state index contributed by atoms with van der Waals surface area (Å²) in [6, 6.07) is 11.0. The third-order valence-electron chi connectivity index (χ3n) is 6.57. The van der Waals surface area contributed by atoms with Gasteiger partial charge in [-0.3, -0.25) is 9.99 Å². The van der Waals surface area contributed by atoms with Crippen molar-refractivity contribution in [2.75, 3.05) is 10.6 Å². The Balaban J connectivity index is 1.51. The molecule has 202 valence electrons. The minimum absolute atomic E-state index is 0.00343. The lowest BCUT2D eigenvalue weighted by Gasteiger charge is -2.23. The van der Waals surface area contributed by atoms with E-state index in [4.69, 9.17) is 18.5 Å². The highest BCUT2D eigenvalue weighted by Gasteiger charge is 2.32. The van der Waals surface area contributed by atoms with E-state index in [0.717, 1.165) is 18.9 Å². The summed E-state index contributed by atoms with van der Waals surface area (Å²) in [4.78, 5) is 8.06. The number of anilines is 2. The van der Waals surface area contributed by atoms with Crippen molar-refractivity contribution in [3.05, 3.63) is 107 Å². The number of hydrazine groups is 2. The van der Waals surface area contributed by atoms with Crippen LogP contribution in [0.1, 0.15) is 64.4 Å². The highest BCUT2D eigenvalue weighted by Crippen LogP contribution is 2.38. The van der Waals surface area contributed by atoms with Crippen LogP contribution >= 0.6 is 11.6 Å². The Labute approximate surface area is 246 Å². The lowest BCUT2D eigenvalue weighted by atomic mass is 10.0. The van der Waals surface area contributed by atoms with E-state index in [9.17, 15) is 12.4 Å². The van der Waals surface area contributed by atoms with Crippen molar-refractivity contribution in [3.8, 4) is 6.07 Å². The molecule has 0 spiro atoms. The minimum Gasteiger partial charge on any atom is -0.377 e. The lowest BCUT2D eigenvalue weighted by molar-refractivity contribution is 0.260. The highest BCUT2D eigenvalue weighted by atomic mass is 35.5. The summed E-state index contributed by atoms with van der Waals surface area (Å²) in [7, 11) is 0. The first-order valence-corrected chi connectivity index (χ1v) is 12.8. The van der Waals surface area contributed by atoms with Crippen LogP contribution < -0.4 is 21.6 Å². The number of rotatable bonds is 9. The molecule has 8 nitrogen and oxygen atoms in total. The summed E-state index contributed by atoms with van der Waals surface area (Å²) in [5.41, 5.74) is 6.87. The van der Waals surface area contributed by atoms with E-state index in [0.29, 0.717) is 5.70 Å². The Hall–Kier alpha value is -4.39. The third kappa shape index (κ3) is 5.24. The molecule has 2 atom stereocenters. The maximum Gasteiger partial charge on any atom is 0.212 e. The Morgan fingerprint density at radius 3 is 2.77 bits per heavy atom. The van der Waals surface area contributed by atoms with Crippen LogP contribution in [0.2, 0.25) is 5.02 Å². The first kappa shape index (κ1) is 18.8. The largest absolute Gasteiger partial charge is 0.377 e. The van der Waals surface area contributed by atoms with Crippen molar-refractivity contribution in [2.24, 2.45) is 0 Å². The monoisotopic (exact) mass is 561 g/mol. The maximum absolute atomic E-state index is 13.8. The molecule has 2 aromatic heterocycles. The van der Waals surface area contributed by atoms with Gasteiger partial charge in [0.25, 0.3) is 0 Å². The molecule has 0 radical (unpaired) electrons. The maximum atomic E-state index is 13.8. The van der Waals surface area contributed by atoms with Crippen LogP contribution in [-0.2, 0) is 0 Å². The summed E-state index contributed by atoms with van der Waals surface area (Å²) in [5, 5.41) is 18.0. The molecule has 2 aliphatic rings. The molecule has 4 N–H and O–H groups in total. The third-order valence-corrected chi connectivity index (χ3v) is 6.85. The summed E-state index contributed by atoms with van der Waals surface area (Å²) < 4.78 is 74.0. The van der Waals surface area contributed by atoms with Gasteiger partial charge in [0.05, 0.1) is 42.3 Å². The van der Waals surface area contributed by atoms with Crippen molar-refractivity contribution in [2.45, 2.75) is 44.1 Å². The quantitative estimate of drug-likeness (QED) is 0.176. The predicted molar refractivity (Wildman–Crippen MR) is 154 cm³/mol. The van der Waals surface area contributed by atoms with Crippen molar-refractivity contribution >= 4 is 33.9 Å². The number of pyridine rings is 2. The van der Waals surface area contributed by atoms with E-state index >= 15 is 0 Å². The first-order chi connectivity index (χ1) is 22.2. The molecule has 3 heterocycles. The van der Waals surface area contributed by atoms with Gasteiger partial charge in [0.1, 0.15) is 6.07 Å². The SMILES string of the molecule is [2H]C(Nc1cc(Cl)c2ncc(C#N)c(N[C@@]([2H])(c3ccccc3)C([2H])([2H])C([2H])([2H])[2H])c2c1)(C1=CN(C2CC2)NN1)c1ccc(F)nc1. The molecule has 0 saturated heterocycles. The van der Waals surface area contributed by atoms with E-state index < -0.39 is 31.2 Å². The van der Waals surface area contributed by atoms with Gasteiger partial charge in [-0.15, -0.1) is 5.53 Å². The van der Waals surface area contributed by atoms with Gasteiger partial charge in [-0.2, -0.15) is 9.65 Å². The molecule has 10 heteroatoms. The Morgan fingerprint density at radius 1 is 1.20 bits per heavy atom. The van der Waals surface area contributed by atoms with Crippen LogP contribution in [0.3, 0.4) is 0 Å². The van der Waals surface area contributed by atoms with E-state index in [1.54, 1.807) is 24.4 Å². The van der Waals surface area contributed by atoms with Crippen LogP contribution in [0.25, 0.3) is 10.9 Å².